The first-order valence-corrected chi connectivity index (χ1v) is 11.3. The maximum absolute atomic E-state index is 13.5. The summed E-state index contributed by atoms with van der Waals surface area (Å²) in [6.45, 7) is 2.97. The minimum absolute atomic E-state index is 0.0262. The number of likely N-dealkylation sites (tertiary alicyclic amines) is 1. The second-order valence-electron chi connectivity index (χ2n) is 7.93. The Balaban J connectivity index is 1.64. The second kappa shape index (κ2) is 10.0. The molecule has 0 bridgehead atoms. The Morgan fingerprint density at radius 1 is 1.12 bits per heavy atom. The van der Waals surface area contributed by atoms with Crippen LogP contribution >= 0.6 is 11.6 Å². The maximum atomic E-state index is 13.5. The molecule has 0 aliphatic carbocycles. The number of hydrogen-bond donors (Lipinski definition) is 0. The molecule has 2 aromatic carbocycles. The lowest BCUT2D eigenvalue weighted by molar-refractivity contribution is -0.384. The van der Waals surface area contributed by atoms with Crippen LogP contribution in [0.4, 0.5) is 5.69 Å². The van der Waals surface area contributed by atoms with Crippen molar-refractivity contribution >= 4 is 29.2 Å². The average Bonchev–Trinajstić information content (AvgIpc) is 3.30. The summed E-state index contributed by atoms with van der Waals surface area (Å²) in [5.74, 6) is -0.639. The van der Waals surface area contributed by atoms with Crippen LogP contribution in [0.15, 0.2) is 54.6 Å². The highest BCUT2D eigenvalue weighted by molar-refractivity contribution is 6.30. The van der Waals surface area contributed by atoms with Gasteiger partial charge in [0.1, 0.15) is 5.69 Å². The first kappa shape index (κ1) is 23.4. The van der Waals surface area contributed by atoms with E-state index in [1.165, 1.54) is 12.1 Å². The van der Waals surface area contributed by atoms with Crippen molar-refractivity contribution in [3.05, 3.63) is 75.4 Å². The zero-order valence-electron chi connectivity index (χ0n) is 18.5. The largest absolute Gasteiger partial charge is 0.466 e. The third kappa shape index (κ3) is 4.94. The molecule has 2 heterocycles. The molecule has 1 aromatic heterocycles. The number of non-ortho nitro benzene ring substituents is 1. The molecular formula is C24H23ClN4O5. The molecule has 1 fully saturated rings. The summed E-state index contributed by atoms with van der Waals surface area (Å²) in [6.07, 6.45) is 1.07. The van der Waals surface area contributed by atoms with Gasteiger partial charge in [-0.25, -0.2) is 4.68 Å². The Hall–Kier alpha value is -3.72. The van der Waals surface area contributed by atoms with Gasteiger partial charge < -0.3 is 9.64 Å². The molecule has 1 aliphatic heterocycles. The van der Waals surface area contributed by atoms with Crippen molar-refractivity contribution in [1.29, 1.82) is 0 Å². The fourth-order valence-electron chi connectivity index (χ4n) is 3.95. The number of amides is 1. The van der Waals surface area contributed by atoms with E-state index in [9.17, 15) is 19.7 Å². The maximum Gasteiger partial charge on any atom is 0.309 e. The van der Waals surface area contributed by atoms with E-state index >= 15 is 0 Å². The average molecular weight is 483 g/mol. The number of nitro groups is 1. The summed E-state index contributed by atoms with van der Waals surface area (Å²) >= 11 is 6.03. The number of nitro benzene ring substituents is 1. The van der Waals surface area contributed by atoms with Crippen molar-refractivity contribution in [3.63, 3.8) is 0 Å². The fraction of sp³-hybridized carbons (Fsp3) is 0.292. The number of hydrogen-bond acceptors (Lipinski definition) is 6. The number of benzene rings is 2. The SMILES string of the molecule is CCOC(=O)C1CCN(C(=O)c2cc(-c3ccc([N+](=O)[O-])cc3)nn2-c2ccc(Cl)cc2)CC1. The van der Waals surface area contributed by atoms with E-state index in [1.807, 2.05) is 0 Å². The van der Waals surface area contributed by atoms with Gasteiger partial charge in [0.15, 0.2) is 0 Å². The number of carbonyl (C=O) groups excluding carboxylic acids is 2. The van der Waals surface area contributed by atoms with Crippen LogP contribution in [0.3, 0.4) is 0 Å². The minimum Gasteiger partial charge on any atom is -0.466 e. The van der Waals surface area contributed by atoms with Crippen molar-refractivity contribution in [2.75, 3.05) is 19.7 Å². The van der Waals surface area contributed by atoms with Gasteiger partial charge in [-0.1, -0.05) is 11.6 Å². The molecule has 0 saturated carbocycles. The predicted octanol–water partition coefficient (Wildman–Crippen LogP) is 4.52. The molecule has 0 unspecified atom stereocenters. The molecule has 9 nitrogen and oxygen atoms in total. The van der Waals surface area contributed by atoms with E-state index in [4.69, 9.17) is 16.3 Å². The summed E-state index contributed by atoms with van der Waals surface area (Å²) in [4.78, 5) is 37.8. The number of carbonyl (C=O) groups is 2. The van der Waals surface area contributed by atoms with Gasteiger partial charge in [-0.3, -0.25) is 19.7 Å². The third-order valence-corrected chi connectivity index (χ3v) is 6.03. The van der Waals surface area contributed by atoms with Crippen LogP contribution in [0.1, 0.15) is 30.3 Å². The van der Waals surface area contributed by atoms with Crippen LogP contribution in [0.2, 0.25) is 5.02 Å². The molecular weight excluding hydrogens is 460 g/mol. The Morgan fingerprint density at radius 3 is 2.35 bits per heavy atom. The van der Waals surface area contributed by atoms with E-state index in [1.54, 1.807) is 59.0 Å². The molecule has 0 N–H and O–H groups in total. The second-order valence-corrected chi connectivity index (χ2v) is 8.36. The van der Waals surface area contributed by atoms with Crippen molar-refractivity contribution in [3.8, 4) is 16.9 Å². The number of aromatic nitrogens is 2. The molecule has 34 heavy (non-hydrogen) atoms. The summed E-state index contributed by atoms with van der Waals surface area (Å²) in [6, 6.07) is 14.6. The number of rotatable bonds is 6. The number of halogens is 1. The normalized spacial score (nSPS) is 14.1. The van der Waals surface area contributed by atoms with Gasteiger partial charge in [-0.2, -0.15) is 5.10 Å². The van der Waals surface area contributed by atoms with E-state index in [2.05, 4.69) is 5.10 Å². The van der Waals surface area contributed by atoms with E-state index in [0.717, 1.165) is 0 Å². The minimum atomic E-state index is -0.467. The Labute approximate surface area is 201 Å². The number of piperidine rings is 1. The molecule has 0 atom stereocenters. The first-order valence-electron chi connectivity index (χ1n) is 10.9. The molecule has 176 valence electrons. The van der Waals surface area contributed by atoms with Gasteiger partial charge in [0.05, 0.1) is 28.8 Å². The lowest BCUT2D eigenvalue weighted by Crippen LogP contribution is -2.41. The van der Waals surface area contributed by atoms with Crippen molar-refractivity contribution in [2.45, 2.75) is 19.8 Å². The quantitative estimate of drug-likeness (QED) is 0.290. The summed E-state index contributed by atoms with van der Waals surface area (Å²) in [5.41, 5.74) is 2.14. The Morgan fingerprint density at radius 2 is 1.76 bits per heavy atom. The van der Waals surface area contributed by atoms with Crippen LogP contribution in [-0.2, 0) is 9.53 Å². The molecule has 10 heteroatoms. The highest BCUT2D eigenvalue weighted by Gasteiger charge is 2.30. The highest BCUT2D eigenvalue weighted by Crippen LogP contribution is 2.27. The fourth-order valence-corrected chi connectivity index (χ4v) is 4.07. The molecule has 4 rings (SSSR count). The lowest BCUT2D eigenvalue weighted by atomic mass is 9.97. The summed E-state index contributed by atoms with van der Waals surface area (Å²) < 4.78 is 6.66. The van der Waals surface area contributed by atoms with E-state index in [-0.39, 0.29) is 23.5 Å². The van der Waals surface area contributed by atoms with Crippen LogP contribution < -0.4 is 0 Å². The molecule has 1 aliphatic rings. The number of nitrogens with zero attached hydrogens (tertiary/aromatic N) is 4. The van der Waals surface area contributed by atoms with Crippen LogP contribution in [0, 0.1) is 16.0 Å². The van der Waals surface area contributed by atoms with E-state index < -0.39 is 4.92 Å². The monoisotopic (exact) mass is 482 g/mol. The molecule has 0 radical (unpaired) electrons. The standard InChI is InChI=1S/C24H23ClN4O5/c1-2-34-24(31)17-11-13-27(14-12-17)23(30)22-15-21(16-3-7-20(8-4-16)29(32)33)26-28(22)19-9-5-18(25)6-10-19/h3-10,15,17H,2,11-14H2,1H3. The van der Waals surface area contributed by atoms with Crippen molar-refractivity contribution in [2.24, 2.45) is 5.92 Å². The Bertz CT molecular complexity index is 1200. The Kier molecular flexibility index (Phi) is 6.93. The zero-order valence-corrected chi connectivity index (χ0v) is 19.3. The van der Waals surface area contributed by atoms with Crippen molar-refractivity contribution < 1.29 is 19.2 Å². The summed E-state index contributed by atoms with van der Waals surface area (Å²) in [7, 11) is 0. The van der Waals surface area contributed by atoms with Gasteiger partial charge in [0, 0.05) is 35.8 Å². The third-order valence-electron chi connectivity index (χ3n) is 5.78. The first-order chi connectivity index (χ1) is 16.4. The van der Waals surface area contributed by atoms with E-state index in [0.29, 0.717) is 60.2 Å². The molecule has 1 saturated heterocycles. The summed E-state index contributed by atoms with van der Waals surface area (Å²) in [5, 5.41) is 16.2. The van der Waals surface area contributed by atoms with Gasteiger partial charge in [0.2, 0.25) is 0 Å². The number of esters is 1. The van der Waals surface area contributed by atoms with Crippen LogP contribution in [0.5, 0.6) is 0 Å². The highest BCUT2D eigenvalue weighted by atomic mass is 35.5. The molecule has 0 spiro atoms. The van der Waals surface area contributed by atoms with Crippen LogP contribution in [-0.4, -0.2) is 51.2 Å². The predicted molar refractivity (Wildman–Crippen MR) is 126 cm³/mol. The van der Waals surface area contributed by atoms with Crippen molar-refractivity contribution in [1.82, 2.24) is 14.7 Å². The zero-order chi connectivity index (χ0) is 24.2. The van der Waals surface area contributed by atoms with Gasteiger partial charge in [-0.15, -0.1) is 0 Å². The van der Waals surface area contributed by atoms with Gasteiger partial charge in [0.25, 0.3) is 11.6 Å². The topological polar surface area (TPSA) is 108 Å². The lowest BCUT2D eigenvalue weighted by Gasteiger charge is -2.30. The van der Waals surface area contributed by atoms with Gasteiger partial charge in [-0.05, 0) is 62.2 Å². The smallest absolute Gasteiger partial charge is 0.309 e. The molecule has 3 aromatic rings. The molecule has 1 amide bonds. The number of ether oxygens (including phenoxy) is 1. The van der Waals surface area contributed by atoms with Gasteiger partial charge >= 0.3 is 5.97 Å². The van der Waals surface area contributed by atoms with Crippen LogP contribution in [0.25, 0.3) is 16.9 Å².